The minimum Gasteiger partial charge on any atom is -0.493 e. The number of hydrogen-bond donors (Lipinski definition) is 2. The molecule has 2 heterocycles. The topological polar surface area (TPSA) is 112 Å². The quantitative estimate of drug-likeness (QED) is 0.235. The second kappa shape index (κ2) is 11.7. The van der Waals surface area contributed by atoms with Gasteiger partial charge in [-0.15, -0.1) is 6.42 Å². The highest BCUT2D eigenvalue weighted by Gasteiger charge is 2.51. The van der Waals surface area contributed by atoms with Crippen LogP contribution in [0, 0.1) is 19.3 Å². The van der Waals surface area contributed by atoms with Gasteiger partial charge < -0.3 is 24.1 Å². The van der Waals surface area contributed by atoms with Crippen molar-refractivity contribution in [1.29, 1.82) is 0 Å². The summed E-state index contributed by atoms with van der Waals surface area (Å²) in [6.45, 7) is 1.32. The number of aromatic nitrogens is 2. The van der Waals surface area contributed by atoms with Gasteiger partial charge in [-0.05, 0) is 24.1 Å². The van der Waals surface area contributed by atoms with Gasteiger partial charge in [0.05, 0.1) is 20.8 Å². The number of nitrogens with one attached hydrogen (secondary N) is 1. The third-order valence-electron chi connectivity index (χ3n) is 7.66. The van der Waals surface area contributed by atoms with E-state index in [0.29, 0.717) is 22.6 Å². The van der Waals surface area contributed by atoms with Gasteiger partial charge in [0.2, 0.25) is 0 Å². The number of methoxy groups -OCH3 is 2. The molecule has 9 nitrogen and oxygen atoms in total. The van der Waals surface area contributed by atoms with E-state index in [1.54, 1.807) is 27.2 Å². The summed E-state index contributed by atoms with van der Waals surface area (Å²) in [6, 6.07) is 24.7. The summed E-state index contributed by atoms with van der Waals surface area (Å²) in [7, 11) is 3.12. The largest absolute Gasteiger partial charge is 0.493 e. The molecule has 0 saturated carbocycles. The molecule has 3 aromatic carbocycles. The minimum atomic E-state index is -1.63. The Kier molecular flexibility index (Phi) is 8.05. The first-order chi connectivity index (χ1) is 20.3. The summed E-state index contributed by atoms with van der Waals surface area (Å²) >= 11 is 0. The zero-order chi connectivity index (χ0) is 29.9. The molecule has 1 aliphatic heterocycles. The van der Waals surface area contributed by atoms with Crippen LogP contribution in [0.3, 0.4) is 0 Å². The lowest BCUT2D eigenvalue weighted by Crippen LogP contribution is -2.46. The summed E-state index contributed by atoms with van der Waals surface area (Å²) in [5.74, 6) is 3.58. The van der Waals surface area contributed by atoms with Crippen molar-refractivity contribution >= 4 is 0 Å². The fourth-order valence-electron chi connectivity index (χ4n) is 5.47. The van der Waals surface area contributed by atoms with E-state index in [9.17, 15) is 14.7 Å². The lowest BCUT2D eigenvalue weighted by atomic mass is 9.79. The van der Waals surface area contributed by atoms with Gasteiger partial charge in [0.15, 0.2) is 17.1 Å². The first kappa shape index (κ1) is 28.9. The zero-order valence-corrected chi connectivity index (χ0v) is 23.6. The molecule has 0 radical (unpaired) electrons. The SMILES string of the molecule is C#C[C@]1(COC(c2ccccc2)(c2ccccc2)c2cccc(OC)c2OC)O[C@@H](n2cc(C)c(=O)[nH]c2=O)C[C@@H]1O. The number of terminal acetylenes is 1. The number of rotatable bonds is 9. The molecule has 1 aromatic heterocycles. The summed E-state index contributed by atoms with van der Waals surface area (Å²) < 4.78 is 25.9. The summed E-state index contributed by atoms with van der Waals surface area (Å²) in [6.07, 6.45) is 5.31. The van der Waals surface area contributed by atoms with Crippen LogP contribution in [0.1, 0.15) is 34.9 Å². The molecule has 3 atom stereocenters. The second-order valence-electron chi connectivity index (χ2n) is 10.1. The molecule has 2 N–H and O–H groups in total. The molecule has 216 valence electrons. The Balaban J connectivity index is 1.65. The Bertz CT molecular complexity index is 1670. The van der Waals surface area contributed by atoms with E-state index in [0.717, 1.165) is 11.1 Å². The average molecular weight is 569 g/mol. The molecular formula is C33H32N2O7. The van der Waals surface area contributed by atoms with E-state index in [2.05, 4.69) is 10.9 Å². The number of aliphatic hydroxyl groups is 1. The van der Waals surface area contributed by atoms with Crippen LogP contribution < -0.4 is 20.7 Å². The molecule has 1 fully saturated rings. The predicted molar refractivity (Wildman–Crippen MR) is 157 cm³/mol. The smallest absolute Gasteiger partial charge is 0.330 e. The van der Waals surface area contributed by atoms with Crippen LogP contribution in [0.2, 0.25) is 0 Å². The standard InChI is InChI=1S/C33H32N2O7/c1-5-32(27(36)19-28(42-32)35-20-22(2)30(37)34-31(35)38)21-41-33(23-13-8-6-9-14-23,24-15-10-7-11-16-24)25-17-12-18-26(39-3)29(25)40-4/h1,6-18,20,27-28,36H,19,21H2,2-4H3,(H,34,37,38)/t27-,28+,32+/m0/s1. The first-order valence-electron chi connectivity index (χ1n) is 13.4. The number of aromatic amines is 1. The highest BCUT2D eigenvalue weighted by molar-refractivity contribution is 5.57. The van der Waals surface area contributed by atoms with Crippen molar-refractivity contribution in [3.05, 3.63) is 128 Å². The molecule has 42 heavy (non-hydrogen) atoms. The maximum Gasteiger partial charge on any atom is 0.330 e. The van der Waals surface area contributed by atoms with Crippen LogP contribution in [0.15, 0.2) is 94.6 Å². The van der Waals surface area contributed by atoms with Crippen molar-refractivity contribution in [1.82, 2.24) is 9.55 Å². The zero-order valence-electron chi connectivity index (χ0n) is 23.6. The number of benzene rings is 3. The number of para-hydroxylation sites is 1. The van der Waals surface area contributed by atoms with Gasteiger partial charge in [-0.2, -0.15) is 0 Å². The van der Waals surface area contributed by atoms with E-state index in [1.807, 2.05) is 72.8 Å². The van der Waals surface area contributed by atoms with Crippen molar-refractivity contribution in [3.63, 3.8) is 0 Å². The number of ether oxygens (including phenoxy) is 4. The molecule has 1 aliphatic rings. The van der Waals surface area contributed by atoms with Crippen LogP contribution in [-0.2, 0) is 15.1 Å². The van der Waals surface area contributed by atoms with E-state index in [1.165, 1.54) is 10.8 Å². The van der Waals surface area contributed by atoms with Crippen molar-refractivity contribution in [2.24, 2.45) is 0 Å². The molecule has 9 heteroatoms. The second-order valence-corrected chi connectivity index (χ2v) is 10.1. The van der Waals surface area contributed by atoms with Gasteiger partial charge in [0.1, 0.15) is 17.9 Å². The van der Waals surface area contributed by atoms with Gasteiger partial charge in [-0.25, -0.2) is 4.79 Å². The van der Waals surface area contributed by atoms with Crippen molar-refractivity contribution in [2.75, 3.05) is 20.8 Å². The molecule has 4 aromatic rings. The molecule has 0 spiro atoms. The Hall–Kier alpha value is -4.62. The van der Waals surface area contributed by atoms with E-state index < -0.39 is 34.8 Å². The van der Waals surface area contributed by atoms with E-state index >= 15 is 0 Å². The van der Waals surface area contributed by atoms with Crippen LogP contribution in [0.5, 0.6) is 11.5 Å². The normalized spacial score (nSPS) is 20.2. The van der Waals surface area contributed by atoms with Crippen LogP contribution in [-0.4, -0.2) is 47.2 Å². The molecule has 5 rings (SSSR count). The number of nitrogens with zero attached hydrogens (tertiary/aromatic N) is 1. The Morgan fingerprint density at radius 2 is 1.67 bits per heavy atom. The molecule has 0 aliphatic carbocycles. The predicted octanol–water partition coefficient (Wildman–Crippen LogP) is 3.52. The highest BCUT2D eigenvalue weighted by Crippen LogP contribution is 2.48. The fraction of sp³-hybridized carbons (Fsp3) is 0.273. The maximum absolute atomic E-state index is 12.6. The molecule has 1 saturated heterocycles. The monoisotopic (exact) mass is 568 g/mol. The van der Waals surface area contributed by atoms with Gasteiger partial charge in [-0.1, -0.05) is 78.7 Å². The molecule has 0 unspecified atom stereocenters. The lowest BCUT2D eigenvalue weighted by Gasteiger charge is -2.39. The Morgan fingerprint density at radius 1 is 1.02 bits per heavy atom. The Labute approximate surface area is 243 Å². The first-order valence-corrected chi connectivity index (χ1v) is 13.4. The number of aliphatic hydroxyl groups excluding tert-OH is 1. The van der Waals surface area contributed by atoms with Gasteiger partial charge in [0, 0.05) is 23.7 Å². The number of aryl methyl sites for hydroxylation is 1. The average Bonchev–Trinajstić information content (AvgIpc) is 3.36. The summed E-state index contributed by atoms with van der Waals surface area (Å²) in [5.41, 5.74) is -1.58. The Morgan fingerprint density at radius 3 is 2.24 bits per heavy atom. The summed E-state index contributed by atoms with van der Waals surface area (Å²) in [4.78, 5) is 26.8. The van der Waals surface area contributed by atoms with Gasteiger partial charge in [0.25, 0.3) is 5.56 Å². The highest BCUT2D eigenvalue weighted by atomic mass is 16.6. The molecule has 0 bridgehead atoms. The van der Waals surface area contributed by atoms with Crippen molar-refractivity contribution < 1.29 is 24.1 Å². The van der Waals surface area contributed by atoms with Gasteiger partial charge in [-0.3, -0.25) is 14.3 Å². The summed E-state index contributed by atoms with van der Waals surface area (Å²) in [5, 5.41) is 11.3. The fourth-order valence-corrected chi connectivity index (χ4v) is 5.47. The number of H-pyrrole nitrogens is 1. The van der Waals surface area contributed by atoms with E-state index in [-0.39, 0.29) is 13.0 Å². The van der Waals surface area contributed by atoms with Gasteiger partial charge >= 0.3 is 5.69 Å². The molecular weight excluding hydrogens is 536 g/mol. The third kappa shape index (κ3) is 4.90. The van der Waals surface area contributed by atoms with Crippen LogP contribution in [0.25, 0.3) is 0 Å². The van der Waals surface area contributed by atoms with Crippen molar-refractivity contribution in [3.8, 4) is 23.8 Å². The van der Waals surface area contributed by atoms with E-state index in [4.69, 9.17) is 25.4 Å². The minimum absolute atomic E-state index is 0.00506. The number of hydrogen-bond acceptors (Lipinski definition) is 7. The lowest BCUT2D eigenvalue weighted by molar-refractivity contribution is -0.131. The van der Waals surface area contributed by atoms with Crippen LogP contribution >= 0.6 is 0 Å². The van der Waals surface area contributed by atoms with Crippen molar-refractivity contribution in [2.45, 2.75) is 36.9 Å². The maximum atomic E-state index is 12.6. The van der Waals surface area contributed by atoms with Crippen LogP contribution in [0.4, 0.5) is 0 Å². The third-order valence-corrected chi connectivity index (χ3v) is 7.66. The molecule has 0 amide bonds.